The van der Waals surface area contributed by atoms with Crippen LogP contribution in [0, 0.1) is 19.8 Å². The maximum atomic E-state index is 12.6. The van der Waals surface area contributed by atoms with Gasteiger partial charge in [-0.15, -0.1) is 0 Å². The minimum Gasteiger partial charge on any atom is -0.493 e. The average Bonchev–Trinajstić information content (AvgIpc) is 2.94. The number of benzene rings is 1. The third-order valence-electron chi connectivity index (χ3n) is 5.69. The molecule has 1 saturated heterocycles. The number of aryl methyl sites for hydroxylation is 2. The van der Waals surface area contributed by atoms with Crippen molar-refractivity contribution in [3.05, 3.63) is 29.3 Å². The number of hydrogen-bond donors (Lipinski definition) is 0. The molecule has 0 radical (unpaired) electrons. The van der Waals surface area contributed by atoms with E-state index in [4.69, 9.17) is 4.74 Å². The Kier molecular flexibility index (Phi) is 8.81. The number of nitrogens with zero attached hydrogens (tertiary/aromatic N) is 2. The zero-order chi connectivity index (χ0) is 20.5. The van der Waals surface area contributed by atoms with Gasteiger partial charge < -0.3 is 14.5 Å². The molecule has 1 aromatic rings. The lowest BCUT2D eigenvalue weighted by atomic mass is 10.0. The second-order valence-corrected chi connectivity index (χ2v) is 7.75. The summed E-state index contributed by atoms with van der Waals surface area (Å²) in [6, 6.07) is 6.11. The minimum atomic E-state index is 0.115. The number of carbonyl (C=O) groups is 2. The number of rotatable bonds is 8. The largest absolute Gasteiger partial charge is 0.493 e. The van der Waals surface area contributed by atoms with Crippen LogP contribution < -0.4 is 4.74 Å². The van der Waals surface area contributed by atoms with E-state index in [-0.39, 0.29) is 17.7 Å². The predicted octanol–water partition coefficient (Wildman–Crippen LogP) is 3.96. The van der Waals surface area contributed by atoms with E-state index in [1.54, 1.807) is 0 Å². The molecule has 5 heteroatoms. The average molecular weight is 389 g/mol. The van der Waals surface area contributed by atoms with Gasteiger partial charge in [0, 0.05) is 38.5 Å². The number of para-hydroxylation sites is 1. The lowest BCUT2D eigenvalue weighted by Gasteiger charge is -2.25. The summed E-state index contributed by atoms with van der Waals surface area (Å²) >= 11 is 0. The van der Waals surface area contributed by atoms with Crippen molar-refractivity contribution in [2.45, 2.75) is 59.8 Å². The van der Waals surface area contributed by atoms with Crippen LogP contribution in [-0.4, -0.2) is 54.4 Å². The molecule has 1 aromatic carbocycles. The topological polar surface area (TPSA) is 49.9 Å². The fourth-order valence-electron chi connectivity index (χ4n) is 3.87. The van der Waals surface area contributed by atoms with E-state index in [0.29, 0.717) is 32.5 Å². The van der Waals surface area contributed by atoms with Crippen LogP contribution in [0.3, 0.4) is 0 Å². The van der Waals surface area contributed by atoms with Crippen LogP contribution in [0.15, 0.2) is 18.2 Å². The van der Waals surface area contributed by atoms with Gasteiger partial charge in [0.25, 0.3) is 0 Å². The van der Waals surface area contributed by atoms with Gasteiger partial charge in [-0.25, -0.2) is 0 Å². The molecule has 1 aliphatic heterocycles. The van der Waals surface area contributed by atoms with Crippen LogP contribution >= 0.6 is 0 Å². The van der Waals surface area contributed by atoms with Crippen molar-refractivity contribution in [2.75, 3.05) is 32.8 Å². The quantitative estimate of drug-likeness (QED) is 0.634. The van der Waals surface area contributed by atoms with Gasteiger partial charge in [0.05, 0.1) is 6.61 Å². The maximum Gasteiger partial charge on any atom is 0.225 e. The van der Waals surface area contributed by atoms with Crippen LogP contribution in [0.4, 0.5) is 0 Å². The van der Waals surface area contributed by atoms with E-state index >= 15 is 0 Å². The molecule has 0 saturated carbocycles. The number of ether oxygens (including phenoxy) is 1. The molecule has 2 amide bonds. The SMILES string of the molecule is CCC(CC)C(=O)N1CCCN(C(=O)CCCOc2c(C)cccc2C)CC1. The smallest absolute Gasteiger partial charge is 0.225 e. The third-order valence-corrected chi connectivity index (χ3v) is 5.69. The summed E-state index contributed by atoms with van der Waals surface area (Å²) in [5.41, 5.74) is 2.25. The highest BCUT2D eigenvalue weighted by Gasteiger charge is 2.25. The summed E-state index contributed by atoms with van der Waals surface area (Å²) in [4.78, 5) is 29.1. The molecular formula is C23H36N2O3. The lowest BCUT2D eigenvalue weighted by Crippen LogP contribution is -2.39. The van der Waals surface area contributed by atoms with Crippen LogP contribution in [-0.2, 0) is 9.59 Å². The number of carbonyl (C=O) groups excluding carboxylic acids is 2. The van der Waals surface area contributed by atoms with Crippen molar-refractivity contribution >= 4 is 11.8 Å². The summed E-state index contributed by atoms with van der Waals surface area (Å²) in [7, 11) is 0. The molecule has 0 aromatic heterocycles. The molecule has 0 bridgehead atoms. The first-order chi connectivity index (χ1) is 13.5. The van der Waals surface area contributed by atoms with Crippen LogP contribution in [0.1, 0.15) is 57.1 Å². The Morgan fingerprint density at radius 2 is 1.61 bits per heavy atom. The Labute approximate surface area is 170 Å². The molecule has 0 N–H and O–H groups in total. The Balaban J connectivity index is 1.76. The second-order valence-electron chi connectivity index (χ2n) is 7.75. The van der Waals surface area contributed by atoms with Crippen molar-refractivity contribution in [1.82, 2.24) is 9.80 Å². The summed E-state index contributed by atoms with van der Waals surface area (Å²) in [6.45, 7) is 11.6. The lowest BCUT2D eigenvalue weighted by molar-refractivity contribution is -0.136. The zero-order valence-electron chi connectivity index (χ0n) is 18.0. The normalized spacial score (nSPS) is 14.9. The molecule has 1 fully saturated rings. The highest BCUT2D eigenvalue weighted by molar-refractivity contribution is 5.79. The first-order valence-electron chi connectivity index (χ1n) is 10.7. The molecule has 0 spiro atoms. The molecule has 5 nitrogen and oxygen atoms in total. The maximum absolute atomic E-state index is 12.6. The Hall–Kier alpha value is -2.04. The zero-order valence-corrected chi connectivity index (χ0v) is 18.0. The van der Waals surface area contributed by atoms with Gasteiger partial charge in [0.2, 0.25) is 11.8 Å². The minimum absolute atomic E-state index is 0.115. The van der Waals surface area contributed by atoms with Gasteiger partial charge in [0.1, 0.15) is 5.75 Å². The standard InChI is InChI=1S/C23H36N2O3/c1-5-20(6-2)23(27)25-14-9-13-24(15-16-25)21(26)12-8-17-28-22-18(3)10-7-11-19(22)4/h7,10-11,20H,5-6,8-9,12-17H2,1-4H3. The van der Waals surface area contributed by atoms with Gasteiger partial charge in [-0.1, -0.05) is 32.0 Å². The number of hydrogen-bond acceptors (Lipinski definition) is 3. The van der Waals surface area contributed by atoms with E-state index in [0.717, 1.165) is 49.2 Å². The van der Waals surface area contributed by atoms with Gasteiger partial charge in [-0.05, 0) is 50.7 Å². The fourth-order valence-corrected chi connectivity index (χ4v) is 3.87. The summed E-state index contributed by atoms with van der Waals surface area (Å²) < 4.78 is 5.91. The summed E-state index contributed by atoms with van der Waals surface area (Å²) in [5, 5.41) is 0. The first-order valence-corrected chi connectivity index (χ1v) is 10.7. The van der Waals surface area contributed by atoms with Crippen LogP contribution in [0.5, 0.6) is 5.75 Å². The summed E-state index contributed by atoms with van der Waals surface area (Å²) in [5.74, 6) is 1.47. The second kappa shape index (κ2) is 11.1. The van der Waals surface area contributed by atoms with Gasteiger partial charge in [0.15, 0.2) is 0 Å². The molecule has 0 unspecified atom stereocenters. The highest BCUT2D eigenvalue weighted by Crippen LogP contribution is 2.22. The fraction of sp³-hybridized carbons (Fsp3) is 0.652. The van der Waals surface area contributed by atoms with E-state index in [9.17, 15) is 9.59 Å². The Morgan fingerprint density at radius 1 is 1.00 bits per heavy atom. The van der Waals surface area contributed by atoms with Gasteiger partial charge in [-0.2, -0.15) is 0 Å². The first kappa shape index (κ1) is 22.3. The highest BCUT2D eigenvalue weighted by atomic mass is 16.5. The molecule has 156 valence electrons. The van der Waals surface area contributed by atoms with E-state index in [1.165, 1.54) is 0 Å². The van der Waals surface area contributed by atoms with Crippen molar-refractivity contribution in [3.63, 3.8) is 0 Å². The molecule has 2 rings (SSSR count). The molecular weight excluding hydrogens is 352 g/mol. The summed E-state index contributed by atoms with van der Waals surface area (Å²) in [6.07, 6.45) is 3.82. The van der Waals surface area contributed by atoms with E-state index in [2.05, 4.69) is 13.8 Å². The Morgan fingerprint density at radius 3 is 2.25 bits per heavy atom. The molecule has 1 aliphatic rings. The third kappa shape index (κ3) is 5.98. The van der Waals surface area contributed by atoms with Crippen LogP contribution in [0.2, 0.25) is 0 Å². The van der Waals surface area contributed by atoms with Crippen molar-refractivity contribution in [3.8, 4) is 5.75 Å². The molecule has 28 heavy (non-hydrogen) atoms. The van der Waals surface area contributed by atoms with Gasteiger partial charge >= 0.3 is 0 Å². The van der Waals surface area contributed by atoms with Crippen molar-refractivity contribution in [1.29, 1.82) is 0 Å². The number of amides is 2. The van der Waals surface area contributed by atoms with E-state index < -0.39 is 0 Å². The predicted molar refractivity (Wildman–Crippen MR) is 112 cm³/mol. The Bertz CT molecular complexity index is 635. The van der Waals surface area contributed by atoms with Crippen LogP contribution in [0.25, 0.3) is 0 Å². The molecule has 0 aliphatic carbocycles. The molecule has 1 heterocycles. The molecule has 0 atom stereocenters. The van der Waals surface area contributed by atoms with Crippen molar-refractivity contribution in [2.24, 2.45) is 5.92 Å². The van der Waals surface area contributed by atoms with Gasteiger partial charge in [-0.3, -0.25) is 9.59 Å². The van der Waals surface area contributed by atoms with E-state index in [1.807, 2.05) is 41.8 Å². The monoisotopic (exact) mass is 388 g/mol. The van der Waals surface area contributed by atoms with Crippen molar-refractivity contribution < 1.29 is 14.3 Å².